The average molecular weight is 435 g/mol. The molecule has 0 aliphatic heterocycles. The lowest BCUT2D eigenvalue weighted by atomic mass is 9.98. The lowest BCUT2D eigenvalue weighted by Gasteiger charge is -2.12. The maximum atomic E-state index is 11.7. The predicted molar refractivity (Wildman–Crippen MR) is 125 cm³/mol. The van der Waals surface area contributed by atoms with Crippen LogP contribution in [0.25, 0.3) is 10.8 Å². The summed E-state index contributed by atoms with van der Waals surface area (Å²) in [5.74, 6) is 0.619. The Kier molecular flexibility index (Phi) is 10.7. The highest BCUT2D eigenvalue weighted by molar-refractivity contribution is 7.85. The van der Waals surface area contributed by atoms with E-state index >= 15 is 0 Å². The fraction of sp³-hybridized carbons (Fsp3) is 0.600. The number of fused-ring (bicyclic) bond motifs is 1. The van der Waals surface area contributed by atoms with Crippen molar-refractivity contribution in [2.45, 2.75) is 95.3 Å². The number of hydrogen-bond acceptors (Lipinski definition) is 3. The minimum absolute atomic E-state index is 0.0616. The highest BCUT2D eigenvalue weighted by atomic mass is 32.2. The van der Waals surface area contributed by atoms with Gasteiger partial charge in [0.25, 0.3) is 10.1 Å². The Morgan fingerprint density at radius 3 is 1.90 bits per heavy atom. The Bertz CT molecular complexity index is 874. The van der Waals surface area contributed by atoms with E-state index in [2.05, 4.69) is 6.92 Å². The molecule has 0 radical (unpaired) electrons. The van der Waals surface area contributed by atoms with Crippen molar-refractivity contribution in [3.05, 3.63) is 35.9 Å². The molecule has 0 unspecified atom stereocenters. The standard InChI is InChI=1S/C25H38O4S/c1-3-4-5-6-7-8-9-10-11-12-13-14-16-21-19-22(30(26,27)28)20-24-23(21)17-15-18-25(24)29-2/h15,17-20H,3-14,16H2,1-2H3,(H,26,27,28). The lowest BCUT2D eigenvalue weighted by molar-refractivity contribution is 0.419. The summed E-state index contributed by atoms with van der Waals surface area (Å²) < 4.78 is 38.4. The van der Waals surface area contributed by atoms with Gasteiger partial charge in [0.1, 0.15) is 5.75 Å². The van der Waals surface area contributed by atoms with Gasteiger partial charge in [-0.25, -0.2) is 0 Å². The third-order valence-electron chi connectivity index (χ3n) is 5.83. The van der Waals surface area contributed by atoms with Gasteiger partial charge >= 0.3 is 0 Å². The summed E-state index contributed by atoms with van der Waals surface area (Å²) >= 11 is 0. The van der Waals surface area contributed by atoms with Crippen LogP contribution in [-0.4, -0.2) is 20.1 Å². The van der Waals surface area contributed by atoms with E-state index in [0.717, 1.165) is 35.6 Å². The van der Waals surface area contributed by atoms with Crippen LogP contribution in [0.5, 0.6) is 5.75 Å². The summed E-state index contributed by atoms with van der Waals surface area (Å²) in [7, 11) is -2.68. The molecule has 30 heavy (non-hydrogen) atoms. The van der Waals surface area contributed by atoms with Crippen molar-refractivity contribution in [2.24, 2.45) is 0 Å². The highest BCUT2D eigenvalue weighted by Gasteiger charge is 2.15. The molecule has 1 N–H and O–H groups in total. The van der Waals surface area contributed by atoms with E-state index in [1.165, 1.54) is 70.3 Å². The van der Waals surface area contributed by atoms with Crippen molar-refractivity contribution in [3.8, 4) is 5.75 Å². The summed E-state index contributed by atoms with van der Waals surface area (Å²) in [5.41, 5.74) is 0.950. The van der Waals surface area contributed by atoms with Gasteiger partial charge < -0.3 is 4.74 Å². The van der Waals surface area contributed by atoms with Gasteiger partial charge in [0.05, 0.1) is 12.0 Å². The molecule has 2 rings (SSSR count). The van der Waals surface area contributed by atoms with Gasteiger partial charge in [-0.05, 0) is 42.0 Å². The molecule has 4 nitrogen and oxygen atoms in total. The second-order valence-electron chi connectivity index (χ2n) is 8.25. The van der Waals surface area contributed by atoms with Gasteiger partial charge in [0.15, 0.2) is 0 Å². The van der Waals surface area contributed by atoms with Crippen LogP contribution in [0.3, 0.4) is 0 Å². The highest BCUT2D eigenvalue weighted by Crippen LogP contribution is 2.31. The zero-order valence-corrected chi connectivity index (χ0v) is 19.5. The molecule has 5 heteroatoms. The molecule has 0 saturated heterocycles. The van der Waals surface area contributed by atoms with Crippen LogP contribution in [0.4, 0.5) is 0 Å². The maximum absolute atomic E-state index is 11.7. The SMILES string of the molecule is CCCCCCCCCCCCCCc1cc(S(=O)(=O)O)cc2c(OC)cccc12. The topological polar surface area (TPSA) is 63.6 Å². The smallest absolute Gasteiger partial charge is 0.294 e. The van der Waals surface area contributed by atoms with Gasteiger partial charge in [-0.15, -0.1) is 0 Å². The van der Waals surface area contributed by atoms with Crippen LogP contribution in [0.15, 0.2) is 35.2 Å². The Morgan fingerprint density at radius 1 is 0.800 bits per heavy atom. The van der Waals surface area contributed by atoms with Crippen LogP contribution < -0.4 is 4.74 Å². The molecule has 0 aliphatic carbocycles. The van der Waals surface area contributed by atoms with Crippen LogP contribution >= 0.6 is 0 Å². The third-order valence-corrected chi connectivity index (χ3v) is 6.66. The van der Waals surface area contributed by atoms with Gasteiger partial charge in [0.2, 0.25) is 0 Å². The summed E-state index contributed by atoms with van der Waals surface area (Å²) in [6, 6.07) is 8.82. The number of ether oxygens (including phenoxy) is 1. The molecule has 0 heterocycles. The van der Waals surface area contributed by atoms with E-state index in [1.54, 1.807) is 13.2 Å². The Hall–Kier alpha value is -1.59. The van der Waals surface area contributed by atoms with Crippen LogP contribution in [0.2, 0.25) is 0 Å². The first-order chi connectivity index (χ1) is 14.5. The van der Waals surface area contributed by atoms with Crippen molar-refractivity contribution < 1.29 is 17.7 Å². The molecule has 168 valence electrons. The van der Waals surface area contributed by atoms with Crippen LogP contribution in [-0.2, 0) is 16.5 Å². The molecule has 0 bridgehead atoms. The number of aryl methyl sites for hydroxylation is 1. The summed E-state index contributed by atoms with van der Waals surface area (Å²) in [6.07, 6.45) is 16.3. The van der Waals surface area contributed by atoms with Crippen molar-refractivity contribution in [3.63, 3.8) is 0 Å². The van der Waals surface area contributed by atoms with E-state index in [0.29, 0.717) is 5.75 Å². The predicted octanol–water partition coefficient (Wildman–Crippen LogP) is 7.34. The van der Waals surface area contributed by atoms with Crippen molar-refractivity contribution in [1.29, 1.82) is 0 Å². The molecular weight excluding hydrogens is 396 g/mol. The molecule has 0 atom stereocenters. The van der Waals surface area contributed by atoms with Gasteiger partial charge in [-0.2, -0.15) is 8.42 Å². The lowest BCUT2D eigenvalue weighted by Crippen LogP contribution is -2.01. The summed E-state index contributed by atoms with van der Waals surface area (Å²) in [5, 5.41) is 1.72. The fourth-order valence-electron chi connectivity index (χ4n) is 4.10. The van der Waals surface area contributed by atoms with Gasteiger partial charge in [-0.3, -0.25) is 4.55 Å². The average Bonchev–Trinajstić information content (AvgIpc) is 2.73. The van der Waals surface area contributed by atoms with Crippen molar-refractivity contribution in [1.82, 2.24) is 0 Å². The zero-order valence-electron chi connectivity index (χ0n) is 18.7. The second-order valence-corrected chi connectivity index (χ2v) is 9.67. The Morgan fingerprint density at radius 2 is 1.37 bits per heavy atom. The largest absolute Gasteiger partial charge is 0.496 e. The maximum Gasteiger partial charge on any atom is 0.294 e. The van der Waals surface area contributed by atoms with Crippen molar-refractivity contribution in [2.75, 3.05) is 7.11 Å². The number of unbranched alkanes of at least 4 members (excludes halogenated alkanes) is 11. The Labute approximate surface area is 182 Å². The first-order valence-electron chi connectivity index (χ1n) is 11.5. The van der Waals surface area contributed by atoms with Crippen molar-refractivity contribution >= 4 is 20.9 Å². The van der Waals surface area contributed by atoms with Gasteiger partial charge in [-0.1, -0.05) is 89.7 Å². The summed E-state index contributed by atoms with van der Waals surface area (Å²) in [4.78, 5) is -0.0616. The second kappa shape index (κ2) is 13.0. The molecule has 0 amide bonds. The van der Waals surface area contributed by atoms with Crippen LogP contribution in [0, 0.1) is 0 Å². The molecule has 2 aromatic carbocycles. The van der Waals surface area contributed by atoms with Gasteiger partial charge in [0, 0.05) is 5.39 Å². The molecule has 0 fully saturated rings. The summed E-state index contributed by atoms with van der Waals surface area (Å²) in [6.45, 7) is 2.25. The number of hydrogen-bond donors (Lipinski definition) is 1. The molecule has 0 aromatic heterocycles. The third kappa shape index (κ3) is 7.92. The monoisotopic (exact) mass is 434 g/mol. The molecule has 0 aliphatic rings. The first kappa shape index (κ1) is 24.7. The minimum atomic E-state index is -4.25. The molecule has 0 saturated carbocycles. The molecule has 2 aromatic rings. The minimum Gasteiger partial charge on any atom is -0.496 e. The van der Waals surface area contributed by atoms with E-state index in [9.17, 15) is 13.0 Å². The fourth-order valence-corrected chi connectivity index (χ4v) is 4.65. The number of rotatable bonds is 15. The normalized spacial score (nSPS) is 11.8. The molecule has 0 spiro atoms. The van der Waals surface area contributed by atoms with E-state index < -0.39 is 10.1 Å². The van der Waals surface area contributed by atoms with Crippen LogP contribution in [0.1, 0.15) is 89.5 Å². The number of methoxy groups -OCH3 is 1. The molecular formula is C25H38O4S. The van der Waals surface area contributed by atoms with E-state index in [1.807, 2.05) is 18.2 Å². The van der Waals surface area contributed by atoms with E-state index in [4.69, 9.17) is 4.74 Å². The van der Waals surface area contributed by atoms with E-state index in [-0.39, 0.29) is 4.90 Å². The Balaban J connectivity index is 1.82. The first-order valence-corrected chi connectivity index (χ1v) is 13.0. The number of benzene rings is 2. The zero-order chi connectivity index (χ0) is 21.8. The quantitative estimate of drug-likeness (QED) is 0.235.